The zero-order chi connectivity index (χ0) is 10.0. The standard InChI is InChI=1S/C8H6Cl3NO/c1-4(13)12-8-6(10)2-5(9)3-7(8)11/h2-3H,1H3,(H,12,13). The molecule has 5 heteroatoms. The van der Waals surface area contributed by atoms with Crippen LogP contribution in [0.15, 0.2) is 12.1 Å². The van der Waals surface area contributed by atoms with Crippen LogP contribution >= 0.6 is 34.8 Å². The molecule has 0 aliphatic carbocycles. The van der Waals surface area contributed by atoms with E-state index in [-0.39, 0.29) is 5.91 Å². The van der Waals surface area contributed by atoms with Crippen LogP contribution in [0.5, 0.6) is 0 Å². The molecule has 0 spiro atoms. The average molecular weight is 239 g/mol. The van der Waals surface area contributed by atoms with Crippen molar-refractivity contribution in [2.45, 2.75) is 6.92 Å². The maximum atomic E-state index is 10.7. The first kappa shape index (κ1) is 10.6. The maximum absolute atomic E-state index is 10.7. The van der Waals surface area contributed by atoms with E-state index in [1.165, 1.54) is 19.1 Å². The molecule has 1 N–H and O–H groups in total. The molecule has 0 aliphatic heterocycles. The summed E-state index contributed by atoms with van der Waals surface area (Å²) in [5.74, 6) is -0.230. The summed E-state index contributed by atoms with van der Waals surface area (Å²) < 4.78 is 0. The Morgan fingerprint density at radius 2 is 1.69 bits per heavy atom. The summed E-state index contributed by atoms with van der Waals surface area (Å²) in [5, 5.41) is 3.59. The molecular formula is C8H6Cl3NO. The Balaban J connectivity index is 3.13. The van der Waals surface area contributed by atoms with Gasteiger partial charge in [-0.2, -0.15) is 0 Å². The van der Waals surface area contributed by atoms with Gasteiger partial charge in [-0.3, -0.25) is 4.79 Å². The van der Waals surface area contributed by atoms with E-state index in [2.05, 4.69) is 5.32 Å². The quantitative estimate of drug-likeness (QED) is 0.796. The second kappa shape index (κ2) is 4.18. The van der Waals surface area contributed by atoms with Crippen LogP contribution in [-0.4, -0.2) is 5.91 Å². The van der Waals surface area contributed by atoms with Crippen molar-refractivity contribution in [2.24, 2.45) is 0 Å². The highest BCUT2D eigenvalue weighted by Crippen LogP contribution is 2.33. The highest BCUT2D eigenvalue weighted by molar-refractivity contribution is 6.42. The van der Waals surface area contributed by atoms with E-state index in [1.54, 1.807) is 0 Å². The lowest BCUT2D eigenvalue weighted by Gasteiger charge is -2.07. The molecule has 0 saturated heterocycles. The average Bonchev–Trinajstić information content (AvgIpc) is 1.96. The third-order valence-electron chi connectivity index (χ3n) is 1.31. The monoisotopic (exact) mass is 237 g/mol. The van der Waals surface area contributed by atoms with Gasteiger partial charge in [-0.15, -0.1) is 0 Å². The minimum Gasteiger partial charge on any atom is -0.324 e. The second-order valence-electron chi connectivity index (χ2n) is 2.43. The van der Waals surface area contributed by atoms with Crippen molar-refractivity contribution in [1.82, 2.24) is 0 Å². The van der Waals surface area contributed by atoms with Gasteiger partial charge >= 0.3 is 0 Å². The summed E-state index contributed by atoms with van der Waals surface area (Å²) in [6.45, 7) is 1.38. The molecule has 0 atom stereocenters. The Bertz CT molecular complexity index is 328. The Morgan fingerprint density at radius 1 is 1.23 bits per heavy atom. The van der Waals surface area contributed by atoms with E-state index >= 15 is 0 Å². The van der Waals surface area contributed by atoms with E-state index in [1.807, 2.05) is 0 Å². The van der Waals surface area contributed by atoms with Gasteiger partial charge in [0.25, 0.3) is 0 Å². The predicted molar refractivity (Wildman–Crippen MR) is 55.8 cm³/mol. The fourth-order valence-electron chi connectivity index (χ4n) is 0.838. The van der Waals surface area contributed by atoms with Crippen LogP contribution in [0.25, 0.3) is 0 Å². The van der Waals surface area contributed by atoms with E-state index in [9.17, 15) is 4.79 Å². The highest BCUT2D eigenvalue weighted by Gasteiger charge is 2.08. The Labute approximate surface area is 90.8 Å². The molecule has 0 fully saturated rings. The summed E-state index contributed by atoms with van der Waals surface area (Å²) >= 11 is 17.3. The molecule has 1 aromatic rings. The zero-order valence-electron chi connectivity index (χ0n) is 6.70. The van der Waals surface area contributed by atoms with Crippen LogP contribution < -0.4 is 5.32 Å². The van der Waals surface area contributed by atoms with Crippen LogP contribution in [0.3, 0.4) is 0 Å². The van der Waals surface area contributed by atoms with Crippen LogP contribution in [-0.2, 0) is 4.79 Å². The molecule has 0 aromatic heterocycles. The number of anilines is 1. The summed E-state index contributed by atoms with van der Waals surface area (Å²) in [7, 11) is 0. The van der Waals surface area contributed by atoms with E-state index in [4.69, 9.17) is 34.8 Å². The summed E-state index contributed by atoms with van der Waals surface area (Å²) in [6.07, 6.45) is 0. The SMILES string of the molecule is CC(=O)Nc1c(Cl)cc(Cl)cc1Cl. The molecule has 0 unspecified atom stereocenters. The van der Waals surface area contributed by atoms with Crippen molar-refractivity contribution in [2.75, 3.05) is 5.32 Å². The van der Waals surface area contributed by atoms with Crippen molar-refractivity contribution in [3.63, 3.8) is 0 Å². The van der Waals surface area contributed by atoms with Gasteiger partial charge in [-0.05, 0) is 12.1 Å². The number of nitrogens with one attached hydrogen (secondary N) is 1. The molecular weight excluding hydrogens is 232 g/mol. The van der Waals surface area contributed by atoms with Crippen molar-refractivity contribution >= 4 is 46.4 Å². The fraction of sp³-hybridized carbons (Fsp3) is 0.125. The molecule has 0 radical (unpaired) electrons. The first-order valence-electron chi connectivity index (χ1n) is 3.43. The van der Waals surface area contributed by atoms with E-state index < -0.39 is 0 Å². The summed E-state index contributed by atoms with van der Waals surface area (Å²) in [6, 6.07) is 3.03. The minimum atomic E-state index is -0.230. The second-order valence-corrected chi connectivity index (χ2v) is 3.68. The van der Waals surface area contributed by atoms with Crippen LogP contribution in [0.4, 0.5) is 5.69 Å². The lowest BCUT2D eigenvalue weighted by Crippen LogP contribution is -2.06. The number of amides is 1. The molecule has 2 nitrogen and oxygen atoms in total. The number of carbonyl (C=O) groups excluding carboxylic acids is 1. The van der Waals surface area contributed by atoms with Crippen LogP contribution in [0.2, 0.25) is 15.1 Å². The van der Waals surface area contributed by atoms with Gasteiger partial charge in [-0.25, -0.2) is 0 Å². The van der Waals surface area contributed by atoms with Gasteiger partial charge in [0.05, 0.1) is 15.7 Å². The lowest BCUT2D eigenvalue weighted by molar-refractivity contribution is -0.114. The molecule has 0 bridgehead atoms. The molecule has 0 saturated carbocycles. The predicted octanol–water partition coefficient (Wildman–Crippen LogP) is 3.61. The van der Waals surface area contributed by atoms with Crippen molar-refractivity contribution < 1.29 is 4.79 Å². The first-order valence-corrected chi connectivity index (χ1v) is 4.56. The van der Waals surface area contributed by atoms with Gasteiger partial charge in [0.2, 0.25) is 5.91 Å². The van der Waals surface area contributed by atoms with E-state index in [0.29, 0.717) is 20.8 Å². The molecule has 1 rings (SSSR count). The molecule has 13 heavy (non-hydrogen) atoms. The third kappa shape index (κ3) is 2.76. The van der Waals surface area contributed by atoms with Gasteiger partial charge in [0, 0.05) is 11.9 Å². The van der Waals surface area contributed by atoms with E-state index in [0.717, 1.165) is 0 Å². The number of rotatable bonds is 1. The Morgan fingerprint density at radius 3 is 2.08 bits per heavy atom. The van der Waals surface area contributed by atoms with Crippen molar-refractivity contribution in [3.05, 3.63) is 27.2 Å². The smallest absolute Gasteiger partial charge is 0.221 e. The highest BCUT2D eigenvalue weighted by atomic mass is 35.5. The van der Waals surface area contributed by atoms with Crippen LogP contribution in [0, 0.1) is 0 Å². The topological polar surface area (TPSA) is 29.1 Å². The molecule has 0 aliphatic rings. The largest absolute Gasteiger partial charge is 0.324 e. The number of halogens is 3. The summed E-state index contributed by atoms with van der Waals surface area (Å²) in [5.41, 5.74) is 0.389. The molecule has 70 valence electrons. The zero-order valence-corrected chi connectivity index (χ0v) is 8.96. The third-order valence-corrected chi connectivity index (χ3v) is 2.12. The number of carbonyl (C=O) groups is 1. The van der Waals surface area contributed by atoms with Crippen molar-refractivity contribution in [1.29, 1.82) is 0 Å². The van der Waals surface area contributed by atoms with Gasteiger partial charge < -0.3 is 5.32 Å². The molecule has 1 amide bonds. The minimum absolute atomic E-state index is 0.230. The molecule has 0 heterocycles. The fourth-order valence-corrected chi connectivity index (χ4v) is 1.75. The van der Waals surface area contributed by atoms with Crippen LogP contribution in [0.1, 0.15) is 6.92 Å². The number of hydrogen-bond acceptors (Lipinski definition) is 1. The lowest BCUT2D eigenvalue weighted by atomic mass is 10.3. The van der Waals surface area contributed by atoms with Gasteiger partial charge in [0.1, 0.15) is 0 Å². The van der Waals surface area contributed by atoms with Crippen molar-refractivity contribution in [3.8, 4) is 0 Å². The first-order chi connectivity index (χ1) is 6.00. The number of benzene rings is 1. The summed E-state index contributed by atoms with van der Waals surface area (Å²) in [4.78, 5) is 10.7. The normalized spacial score (nSPS) is 9.85. The maximum Gasteiger partial charge on any atom is 0.221 e. The van der Waals surface area contributed by atoms with Gasteiger partial charge in [-0.1, -0.05) is 34.8 Å². The van der Waals surface area contributed by atoms with Gasteiger partial charge in [0.15, 0.2) is 0 Å². The number of hydrogen-bond donors (Lipinski definition) is 1. The Kier molecular flexibility index (Phi) is 3.42. The molecule has 1 aromatic carbocycles. The Hall–Kier alpha value is -0.440.